The molecule has 1 heterocycles. The molecule has 29 heavy (non-hydrogen) atoms. The Morgan fingerprint density at radius 3 is 2.48 bits per heavy atom. The van der Waals surface area contributed by atoms with E-state index in [0.717, 1.165) is 0 Å². The number of halogens is 2. The van der Waals surface area contributed by atoms with Crippen LogP contribution < -0.4 is 10.9 Å². The summed E-state index contributed by atoms with van der Waals surface area (Å²) in [5.74, 6) is -0.812. The summed E-state index contributed by atoms with van der Waals surface area (Å²) in [6.07, 6.45) is 1.18. The smallest absolute Gasteiger partial charge is 0.269 e. The van der Waals surface area contributed by atoms with Gasteiger partial charge in [-0.2, -0.15) is 0 Å². The molecule has 0 aliphatic carbocycles. The second-order valence-electron chi connectivity index (χ2n) is 6.22. The average molecular weight is 433 g/mol. The van der Waals surface area contributed by atoms with Gasteiger partial charge >= 0.3 is 0 Å². The van der Waals surface area contributed by atoms with Gasteiger partial charge in [0.2, 0.25) is 11.8 Å². The van der Waals surface area contributed by atoms with Crippen molar-refractivity contribution in [2.45, 2.75) is 13.5 Å². The average Bonchev–Trinajstić information content (AvgIpc) is 2.71. The van der Waals surface area contributed by atoms with Crippen LogP contribution in [0.15, 0.2) is 53.5 Å². The number of carbonyl (C=O) groups is 2. The molecule has 0 spiro atoms. The minimum atomic E-state index is -0.442. The van der Waals surface area contributed by atoms with Gasteiger partial charge in [-0.25, -0.2) is 4.98 Å². The van der Waals surface area contributed by atoms with Crippen LogP contribution in [0.5, 0.6) is 0 Å². The lowest BCUT2D eigenvalue weighted by molar-refractivity contribution is -0.135. The molecular formula is C20H18Cl2N4O3. The first-order chi connectivity index (χ1) is 13.9. The number of benzene rings is 2. The fraction of sp³-hybridized carbons (Fsp3) is 0.200. The van der Waals surface area contributed by atoms with Crippen LogP contribution >= 0.6 is 23.2 Å². The molecule has 0 bridgehead atoms. The van der Waals surface area contributed by atoms with Gasteiger partial charge in [0, 0.05) is 6.54 Å². The lowest BCUT2D eigenvalue weighted by Crippen LogP contribution is -2.41. The van der Waals surface area contributed by atoms with Gasteiger partial charge in [-0.15, -0.1) is 0 Å². The number of nitrogens with one attached hydrogen (secondary N) is 1. The summed E-state index contributed by atoms with van der Waals surface area (Å²) >= 11 is 12.1. The van der Waals surface area contributed by atoms with Crippen molar-refractivity contribution in [2.75, 3.05) is 18.4 Å². The molecule has 0 unspecified atom stereocenters. The molecule has 0 saturated heterocycles. The quantitative estimate of drug-likeness (QED) is 0.647. The van der Waals surface area contributed by atoms with Crippen molar-refractivity contribution in [1.82, 2.24) is 14.5 Å². The van der Waals surface area contributed by atoms with Gasteiger partial charge in [-0.1, -0.05) is 41.4 Å². The highest BCUT2D eigenvalue weighted by molar-refractivity contribution is 6.39. The van der Waals surface area contributed by atoms with Crippen LogP contribution in [0.3, 0.4) is 0 Å². The van der Waals surface area contributed by atoms with E-state index in [4.69, 9.17) is 23.2 Å². The van der Waals surface area contributed by atoms with Gasteiger partial charge in [0.15, 0.2) is 0 Å². The number of amides is 2. The summed E-state index contributed by atoms with van der Waals surface area (Å²) in [7, 11) is 0. The highest BCUT2D eigenvalue weighted by Gasteiger charge is 2.19. The Morgan fingerprint density at radius 2 is 1.79 bits per heavy atom. The number of aromatic nitrogens is 2. The monoisotopic (exact) mass is 432 g/mol. The van der Waals surface area contributed by atoms with E-state index < -0.39 is 5.91 Å². The first-order valence-electron chi connectivity index (χ1n) is 8.87. The first-order valence-corrected chi connectivity index (χ1v) is 9.62. The lowest BCUT2D eigenvalue weighted by Gasteiger charge is -2.21. The molecule has 0 radical (unpaired) electrons. The number of para-hydroxylation sites is 3. The Balaban J connectivity index is 1.75. The van der Waals surface area contributed by atoms with E-state index in [1.165, 1.54) is 15.7 Å². The molecule has 7 nitrogen and oxygen atoms in total. The molecule has 2 amide bonds. The van der Waals surface area contributed by atoms with E-state index in [1.807, 2.05) is 0 Å². The summed E-state index contributed by atoms with van der Waals surface area (Å²) in [4.78, 5) is 42.9. The zero-order valence-electron chi connectivity index (χ0n) is 15.6. The summed E-state index contributed by atoms with van der Waals surface area (Å²) in [5, 5.41) is 3.23. The highest BCUT2D eigenvalue weighted by Crippen LogP contribution is 2.29. The van der Waals surface area contributed by atoms with E-state index in [2.05, 4.69) is 10.3 Å². The molecule has 3 aromatic rings. The molecular weight excluding hydrogens is 415 g/mol. The third-order valence-electron chi connectivity index (χ3n) is 4.34. The number of likely N-dealkylation sites (N-methyl/N-ethyl adjacent to an activating group) is 1. The van der Waals surface area contributed by atoms with E-state index in [-0.39, 0.29) is 24.6 Å². The fourth-order valence-corrected chi connectivity index (χ4v) is 3.35. The minimum absolute atomic E-state index is 0.199. The van der Waals surface area contributed by atoms with E-state index in [9.17, 15) is 14.4 Å². The van der Waals surface area contributed by atoms with Gasteiger partial charge in [0.25, 0.3) is 5.56 Å². The van der Waals surface area contributed by atoms with Crippen molar-refractivity contribution in [3.05, 3.63) is 69.1 Å². The SMILES string of the molecule is CCN(CC(=O)Nc1c(Cl)cccc1Cl)C(=O)Cn1c(=O)cnc2ccccc21. The maximum atomic E-state index is 12.8. The van der Waals surface area contributed by atoms with Gasteiger partial charge in [0.1, 0.15) is 6.54 Å². The van der Waals surface area contributed by atoms with Crippen molar-refractivity contribution in [3.63, 3.8) is 0 Å². The van der Waals surface area contributed by atoms with Crippen molar-refractivity contribution in [1.29, 1.82) is 0 Å². The summed E-state index contributed by atoms with van der Waals surface area (Å²) in [5.41, 5.74) is 1.06. The maximum absolute atomic E-state index is 12.8. The van der Waals surface area contributed by atoms with E-state index >= 15 is 0 Å². The Morgan fingerprint density at radius 1 is 1.10 bits per heavy atom. The molecule has 0 fully saturated rings. The summed E-state index contributed by atoms with van der Waals surface area (Å²) in [6, 6.07) is 11.9. The van der Waals surface area contributed by atoms with Crippen LogP contribution in [-0.2, 0) is 16.1 Å². The number of hydrogen-bond acceptors (Lipinski definition) is 4. The summed E-state index contributed by atoms with van der Waals surface area (Å²) in [6.45, 7) is 1.64. The molecule has 0 aliphatic heterocycles. The Labute approximate surface area is 176 Å². The molecule has 3 rings (SSSR count). The predicted molar refractivity (Wildman–Crippen MR) is 113 cm³/mol. The van der Waals surface area contributed by atoms with Crippen molar-refractivity contribution < 1.29 is 9.59 Å². The van der Waals surface area contributed by atoms with Crippen molar-refractivity contribution in [3.8, 4) is 0 Å². The Hall–Kier alpha value is -2.90. The molecule has 1 aromatic heterocycles. The maximum Gasteiger partial charge on any atom is 0.269 e. The van der Waals surface area contributed by atoms with E-state index in [0.29, 0.717) is 33.3 Å². The molecule has 0 saturated carbocycles. The van der Waals surface area contributed by atoms with Crippen molar-refractivity contribution in [2.24, 2.45) is 0 Å². The zero-order chi connectivity index (χ0) is 21.0. The molecule has 2 aromatic carbocycles. The van der Waals surface area contributed by atoms with Gasteiger partial charge < -0.3 is 10.2 Å². The number of rotatable bonds is 6. The minimum Gasteiger partial charge on any atom is -0.332 e. The van der Waals surface area contributed by atoms with Crippen LogP contribution in [0.2, 0.25) is 10.0 Å². The van der Waals surface area contributed by atoms with Crippen LogP contribution in [0, 0.1) is 0 Å². The van der Waals surface area contributed by atoms with Crippen LogP contribution in [0.25, 0.3) is 11.0 Å². The predicted octanol–water partition coefficient (Wildman–Crippen LogP) is 3.19. The standard InChI is InChI=1S/C20H18Cl2N4O3/c1-2-25(11-17(27)24-20-13(21)6-5-7-14(20)22)19(29)12-26-16-9-4-3-8-15(16)23-10-18(26)28/h3-10H,2,11-12H2,1H3,(H,24,27). The topological polar surface area (TPSA) is 84.3 Å². The molecule has 9 heteroatoms. The molecule has 1 N–H and O–H groups in total. The molecule has 0 atom stereocenters. The van der Waals surface area contributed by atoms with Gasteiger partial charge in [-0.05, 0) is 31.2 Å². The third kappa shape index (κ3) is 4.75. The van der Waals surface area contributed by atoms with Gasteiger partial charge in [0.05, 0.1) is 39.5 Å². The lowest BCUT2D eigenvalue weighted by atomic mass is 10.3. The zero-order valence-corrected chi connectivity index (χ0v) is 17.1. The second-order valence-corrected chi connectivity index (χ2v) is 7.04. The number of hydrogen-bond donors (Lipinski definition) is 1. The number of anilines is 1. The summed E-state index contributed by atoms with van der Waals surface area (Å²) < 4.78 is 1.34. The normalized spacial score (nSPS) is 10.7. The highest BCUT2D eigenvalue weighted by atomic mass is 35.5. The van der Waals surface area contributed by atoms with E-state index in [1.54, 1.807) is 49.4 Å². The van der Waals surface area contributed by atoms with Crippen LogP contribution in [0.4, 0.5) is 5.69 Å². The third-order valence-corrected chi connectivity index (χ3v) is 4.97. The Kier molecular flexibility index (Phi) is 6.51. The molecule has 150 valence electrons. The van der Waals surface area contributed by atoms with Crippen molar-refractivity contribution >= 4 is 51.7 Å². The second kappa shape index (κ2) is 9.07. The number of carbonyl (C=O) groups excluding carboxylic acids is 2. The van der Waals surface area contributed by atoms with Crippen LogP contribution in [0.1, 0.15) is 6.92 Å². The van der Waals surface area contributed by atoms with Crippen LogP contribution in [-0.4, -0.2) is 39.4 Å². The Bertz CT molecular complexity index is 1110. The largest absolute Gasteiger partial charge is 0.332 e. The first kappa shape index (κ1) is 20.8. The number of nitrogens with zero attached hydrogens (tertiary/aromatic N) is 3. The number of fused-ring (bicyclic) bond motifs is 1. The molecule has 0 aliphatic rings. The fourth-order valence-electron chi connectivity index (χ4n) is 2.86. The van der Waals surface area contributed by atoms with Gasteiger partial charge in [-0.3, -0.25) is 19.0 Å².